The Kier molecular flexibility index (Phi) is 5.70. The van der Waals surface area contributed by atoms with Gasteiger partial charge >= 0.3 is 0 Å². The standard InChI is InChI=1S/C14H11Cl2FN4OS/c1-18-14(23)21-20-13(22)10-6-8(17)2-3-9(10)7-4-11(15)19-12(16)5-7/h2-6H,1H3,(H,20,22)(H2,18,21,23). The van der Waals surface area contributed by atoms with Gasteiger partial charge in [0.25, 0.3) is 5.91 Å². The summed E-state index contributed by atoms with van der Waals surface area (Å²) in [5, 5.41) is 3.18. The molecular weight excluding hydrogens is 362 g/mol. The molecule has 0 spiro atoms. The summed E-state index contributed by atoms with van der Waals surface area (Å²) in [6.07, 6.45) is 0. The molecule has 2 aromatic rings. The van der Waals surface area contributed by atoms with Gasteiger partial charge < -0.3 is 5.32 Å². The third-order valence-corrected chi connectivity index (χ3v) is 3.51. The molecule has 0 aliphatic heterocycles. The van der Waals surface area contributed by atoms with Crippen molar-refractivity contribution in [1.29, 1.82) is 0 Å². The number of amides is 1. The lowest BCUT2D eigenvalue weighted by molar-refractivity contribution is 0.0944. The zero-order chi connectivity index (χ0) is 17.0. The average molecular weight is 373 g/mol. The summed E-state index contributed by atoms with van der Waals surface area (Å²) in [6.45, 7) is 0. The molecule has 23 heavy (non-hydrogen) atoms. The van der Waals surface area contributed by atoms with E-state index in [0.29, 0.717) is 11.1 Å². The van der Waals surface area contributed by atoms with Gasteiger partial charge in [0, 0.05) is 7.05 Å². The molecule has 0 saturated carbocycles. The number of hydrogen-bond acceptors (Lipinski definition) is 3. The molecular formula is C14H11Cl2FN4OS. The highest BCUT2D eigenvalue weighted by molar-refractivity contribution is 7.80. The SMILES string of the molecule is CNC(=S)NNC(=O)c1cc(F)ccc1-c1cc(Cl)nc(Cl)c1. The summed E-state index contributed by atoms with van der Waals surface area (Å²) >= 11 is 16.6. The van der Waals surface area contributed by atoms with E-state index in [0.717, 1.165) is 6.07 Å². The molecule has 0 radical (unpaired) electrons. The zero-order valence-electron chi connectivity index (χ0n) is 11.8. The molecule has 3 N–H and O–H groups in total. The first-order chi connectivity index (χ1) is 10.9. The second kappa shape index (κ2) is 7.54. The Morgan fingerprint density at radius 1 is 1.17 bits per heavy atom. The minimum Gasteiger partial charge on any atom is -0.364 e. The number of rotatable bonds is 2. The van der Waals surface area contributed by atoms with Crippen LogP contribution in [0.3, 0.4) is 0 Å². The molecule has 120 valence electrons. The Hall–Kier alpha value is -1.96. The maximum Gasteiger partial charge on any atom is 0.270 e. The van der Waals surface area contributed by atoms with Gasteiger partial charge in [-0.05, 0) is 47.6 Å². The van der Waals surface area contributed by atoms with Crippen LogP contribution < -0.4 is 16.2 Å². The number of thiocarbonyl (C=S) groups is 1. The molecule has 0 aliphatic carbocycles. The van der Waals surface area contributed by atoms with Crippen molar-refractivity contribution in [2.24, 2.45) is 0 Å². The van der Waals surface area contributed by atoms with Crippen molar-refractivity contribution in [3.8, 4) is 11.1 Å². The second-order valence-electron chi connectivity index (χ2n) is 4.35. The number of carbonyl (C=O) groups is 1. The lowest BCUT2D eigenvalue weighted by atomic mass is 10.00. The topological polar surface area (TPSA) is 66.0 Å². The van der Waals surface area contributed by atoms with Crippen LogP contribution in [0, 0.1) is 5.82 Å². The van der Waals surface area contributed by atoms with Crippen LogP contribution in [-0.4, -0.2) is 23.1 Å². The lowest BCUT2D eigenvalue weighted by Crippen LogP contribution is -2.45. The van der Waals surface area contributed by atoms with Gasteiger partial charge in [0.1, 0.15) is 16.1 Å². The van der Waals surface area contributed by atoms with Crippen molar-refractivity contribution in [3.63, 3.8) is 0 Å². The minimum absolute atomic E-state index is 0.0923. The number of benzene rings is 1. The van der Waals surface area contributed by atoms with Crippen LogP contribution in [0.25, 0.3) is 11.1 Å². The molecule has 0 fully saturated rings. The minimum atomic E-state index is -0.568. The van der Waals surface area contributed by atoms with Gasteiger partial charge in [0.2, 0.25) is 0 Å². The van der Waals surface area contributed by atoms with E-state index in [-0.39, 0.29) is 21.0 Å². The van der Waals surface area contributed by atoms with E-state index in [1.165, 1.54) is 24.3 Å². The van der Waals surface area contributed by atoms with Crippen molar-refractivity contribution in [3.05, 3.63) is 52.0 Å². The van der Waals surface area contributed by atoms with Crippen LogP contribution in [0.4, 0.5) is 4.39 Å². The van der Waals surface area contributed by atoms with Crippen LogP contribution in [0.5, 0.6) is 0 Å². The highest BCUT2D eigenvalue weighted by Crippen LogP contribution is 2.28. The molecule has 2 rings (SSSR count). The summed E-state index contributed by atoms with van der Waals surface area (Å²) in [7, 11) is 1.59. The zero-order valence-corrected chi connectivity index (χ0v) is 14.1. The monoisotopic (exact) mass is 372 g/mol. The normalized spacial score (nSPS) is 10.1. The summed E-state index contributed by atoms with van der Waals surface area (Å²) < 4.78 is 13.5. The Labute approximate surface area is 147 Å². The van der Waals surface area contributed by atoms with Crippen molar-refractivity contribution >= 4 is 46.4 Å². The molecule has 1 amide bonds. The molecule has 1 heterocycles. The van der Waals surface area contributed by atoms with Crippen molar-refractivity contribution in [2.75, 3.05) is 7.05 Å². The summed E-state index contributed by atoms with van der Waals surface area (Å²) in [6, 6.07) is 6.87. The Bertz CT molecular complexity index is 752. The summed E-state index contributed by atoms with van der Waals surface area (Å²) in [5.74, 6) is -1.12. The van der Waals surface area contributed by atoms with Crippen LogP contribution in [0.2, 0.25) is 10.3 Å². The van der Waals surface area contributed by atoms with Crippen molar-refractivity contribution < 1.29 is 9.18 Å². The number of nitrogens with zero attached hydrogens (tertiary/aromatic N) is 1. The first-order valence-electron chi connectivity index (χ1n) is 6.32. The van der Waals surface area contributed by atoms with Crippen molar-refractivity contribution in [2.45, 2.75) is 0 Å². The van der Waals surface area contributed by atoms with Crippen LogP contribution in [-0.2, 0) is 0 Å². The first kappa shape index (κ1) is 17.4. The molecule has 0 aliphatic rings. The highest BCUT2D eigenvalue weighted by atomic mass is 35.5. The largest absolute Gasteiger partial charge is 0.364 e. The number of halogens is 3. The van der Waals surface area contributed by atoms with Gasteiger partial charge in [0.05, 0.1) is 5.56 Å². The Morgan fingerprint density at radius 2 is 1.83 bits per heavy atom. The van der Waals surface area contributed by atoms with E-state index in [4.69, 9.17) is 35.4 Å². The number of carbonyl (C=O) groups excluding carboxylic acids is 1. The predicted molar refractivity (Wildman–Crippen MR) is 91.9 cm³/mol. The molecule has 5 nitrogen and oxygen atoms in total. The molecule has 1 aromatic heterocycles. The molecule has 1 aromatic carbocycles. The summed E-state index contributed by atoms with van der Waals surface area (Å²) in [5.41, 5.74) is 5.94. The number of nitrogens with one attached hydrogen (secondary N) is 3. The summed E-state index contributed by atoms with van der Waals surface area (Å²) in [4.78, 5) is 16.1. The Morgan fingerprint density at radius 3 is 2.43 bits per heavy atom. The van der Waals surface area contributed by atoms with Gasteiger partial charge in [0.15, 0.2) is 5.11 Å². The van der Waals surface area contributed by atoms with E-state index in [9.17, 15) is 9.18 Å². The van der Waals surface area contributed by atoms with E-state index in [1.807, 2.05) is 0 Å². The number of pyridine rings is 1. The average Bonchev–Trinajstić information content (AvgIpc) is 2.51. The molecule has 0 bridgehead atoms. The smallest absolute Gasteiger partial charge is 0.270 e. The van der Waals surface area contributed by atoms with Gasteiger partial charge in [-0.15, -0.1) is 0 Å². The maximum absolute atomic E-state index is 13.5. The van der Waals surface area contributed by atoms with E-state index < -0.39 is 11.7 Å². The first-order valence-corrected chi connectivity index (χ1v) is 7.48. The lowest BCUT2D eigenvalue weighted by Gasteiger charge is -2.12. The van der Waals surface area contributed by atoms with E-state index in [2.05, 4.69) is 21.2 Å². The van der Waals surface area contributed by atoms with Gasteiger partial charge in [-0.25, -0.2) is 9.37 Å². The number of aromatic nitrogens is 1. The highest BCUT2D eigenvalue weighted by Gasteiger charge is 2.15. The molecule has 0 unspecified atom stereocenters. The number of hydrogen-bond donors (Lipinski definition) is 3. The molecule has 9 heteroatoms. The fraction of sp³-hybridized carbons (Fsp3) is 0.0714. The predicted octanol–water partition coefficient (Wildman–Crippen LogP) is 2.93. The molecule has 0 atom stereocenters. The Balaban J connectivity index is 2.41. The third kappa shape index (κ3) is 4.51. The molecule has 0 saturated heterocycles. The number of hydrazine groups is 1. The van der Waals surface area contributed by atoms with Crippen molar-refractivity contribution in [1.82, 2.24) is 21.2 Å². The van der Waals surface area contributed by atoms with Gasteiger partial charge in [-0.1, -0.05) is 29.3 Å². The van der Waals surface area contributed by atoms with Crippen LogP contribution >= 0.6 is 35.4 Å². The quantitative estimate of drug-likeness (QED) is 0.429. The fourth-order valence-electron chi connectivity index (χ4n) is 1.82. The maximum atomic E-state index is 13.5. The van der Waals surface area contributed by atoms with Crippen LogP contribution in [0.15, 0.2) is 30.3 Å². The van der Waals surface area contributed by atoms with Gasteiger partial charge in [-0.3, -0.25) is 15.6 Å². The van der Waals surface area contributed by atoms with Crippen LogP contribution in [0.1, 0.15) is 10.4 Å². The van der Waals surface area contributed by atoms with E-state index in [1.54, 1.807) is 7.05 Å². The fourth-order valence-corrected chi connectivity index (χ4v) is 2.33. The van der Waals surface area contributed by atoms with E-state index >= 15 is 0 Å². The third-order valence-electron chi connectivity index (χ3n) is 2.82. The second-order valence-corrected chi connectivity index (χ2v) is 5.53. The van der Waals surface area contributed by atoms with Gasteiger partial charge in [-0.2, -0.15) is 0 Å².